The number of hydrogen-bond donors (Lipinski definition) is 1. The highest BCUT2D eigenvalue weighted by Crippen LogP contribution is 2.33. The average molecular weight is 412 g/mol. The number of benzene rings is 1. The molecular weight excluding hydrogens is 384 g/mol. The van der Waals surface area contributed by atoms with Crippen LogP contribution in [0.15, 0.2) is 29.2 Å². The number of ether oxygens (including phenoxy) is 2. The highest BCUT2D eigenvalue weighted by molar-refractivity contribution is 5.66. The summed E-state index contributed by atoms with van der Waals surface area (Å²) in [5.41, 5.74) is 3.05. The van der Waals surface area contributed by atoms with Gasteiger partial charge in [-0.1, -0.05) is 0 Å². The van der Waals surface area contributed by atoms with Crippen molar-refractivity contribution in [2.45, 2.75) is 38.4 Å². The number of hydrogen-bond acceptors (Lipinski definition) is 6. The SMILES string of the molecule is COc1ccc(-c2[nH]ncc2CN(C)C2CCc3nn(C)c(=O)n3CC2)cc1OC. The Bertz CT molecular complexity index is 1080. The van der Waals surface area contributed by atoms with Crippen LogP contribution >= 0.6 is 0 Å². The summed E-state index contributed by atoms with van der Waals surface area (Å²) in [5, 5.41) is 11.8. The number of aromatic nitrogens is 5. The number of aryl methyl sites for hydroxylation is 2. The first kappa shape index (κ1) is 20.2. The predicted octanol–water partition coefficient (Wildman–Crippen LogP) is 1.83. The molecule has 1 aliphatic heterocycles. The van der Waals surface area contributed by atoms with E-state index in [1.807, 2.05) is 24.4 Å². The Labute approximate surface area is 175 Å². The molecule has 9 heteroatoms. The second kappa shape index (κ2) is 8.35. The standard InChI is InChI=1S/C21H28N6O3/c1-25(16-6-8-19-24-26(2)21(28)27(19)10-9-16)13-15-12-22-23-20(15)14-5-7-17(29-3)18(11-14)30-4/h5,7,11-12,16H,6,8-10,13H2,1-4H3,(H,22,23). The average Bonchev–Trinajstić information content (AvgIpc) is 3.24. The molecule has 1 unspecified atom stereocenters. The van der Waals surface area contributed by atoms with Crippen molar-refractivity contribution in [3.8, 4) is 22.8 Å². The van der Waals surface area contributed by atoms with E-state index >= 15 is 0 Å². The maximum absolute atomic E-state index is 12.2. The summed E-state index contributed by atoms with van der Waals surface area (Å²) in [6, 6.07) is 6.22. The second-order valence-electron chi connectivity index (χ2n) is 7.71. The Balaban J connectivity index is 1.49. The third-order valence-corrected chi connectivity index (χ3v) is 5.90. The van der Waals surface area contributed by atoms with Crippen molar-refractivity contribution in [3.05, 3.63) is 46.3 Å². The van der Waals surface area contributed by atoms with E-state index in [9.17, 15) is 4.79 Å². The van der Waals surface area contributed by atoms with Crippen molar-refractivity contribution in [1.29, 1.82) is 0 Å². The number of aromatic amines is 1. The molecule has 0 saturated heterocycles. The van der Waals surface area contributed by atoms with Crippen LogP contribution in [0.2, 0.25) is 0 Å². The minimum Gasteiger partial charge on any atom is -0.493 e. The fourth-order valence-corrected chi connectivity index (χ4v) is 4.19. The van der Waals surface area contributed by atoms with Gasteiger partial charge >= 0.3 is 5.69 Å². The fourth-order valence-electron chi connectivity index (χ4n) is 4.19. The topological polar surface area (TPSA) is 90.2 Å². The quantitative estimate of drug-likeness (QED) is 0.664. The Morgan fingerprint density at radius 2 is 2.03 bits per heavy atom. The van der Waals surface area contributed by atoms with Crippen LogP contribution in [0.25, 0.3) is 11.3 Å². The van der Waals surface area contributed by atoms with Gasteiger partial charge in [-0.2, -0.15) is 10.2 Å². The van der Waals surface area contributed by atoms with Crippen LogP contribution in [-0.2, 0) is 26.6 Å². The van der Waals surface area contributed by atoms with E-state index in [4.69, 9.17) is 9.47 Å². The molecule has 9 nitrogen and oxygen atoms in total. The zero-order chi connectivity index (χ0) is 21.3. The van der Waals surface area contributed by atoms with Crippen molar-refractivity contribution in [3.63, 3.8) is 0 Å². The molecule has 0 radical (unpaired) electrons. The fraction of sp³-hybridized carbons (Fsp3) is 0.476. The summed E-state index contributed by atoms with van der Waals surface area (Å²) in [7, 11) is 7.10. The molecule has 1 N–H and O–H groups in total. The summed E-state index contributed by atoms with van der Waals surface area (Å²) < 4.78 is 14.0. The highest BCUT2D eigenvalue weighted by atomic mass is 16.5. The van der Waals surface area contributed by atoms with Gasteiger partial charge in [0.15, 0.2) is 11.5 Å². The smallest absolute Gasteiger partial charge is 0.345 e. The molecule has 0 aliphatic carbocycles. The van der Waals surface area contributed by atoms with Crippen molar-refractivity contribution in [1.82, 2.24) is 29.4 Å². The number of methoxy groups -OCH3 is 2. The zero-order valence-corrected chi connectivity index (χ0v) is 17.9. The first-order chi connectivity index (χ1) is 14.5. The second-order valence-corrected chi connectivity index (χ2v) is 7.71. The van der Waals surface area contributed by atoms with Gasteiger partial charge in [-0.3, -0.25) is 14.6 Å². The Morgan fingerprint density at radius 3 is 2.80 bits per heavy atom. The lowest BCUT2D eigenvalue weighted by Crippen LogP contribution is -2.32. The molecule has 3 heterocycles. The first-order valence-corrected chi connectivity index (χ1v) is 10.1. The van der Waals surface area contributed by atoms with Crippen LogP contribution < -0.4 is 15.2 Å². The van der Waals surface area contributed by atoms with Crippen LogP contribution in [-0.4, -0.2) is 56.8 Å². The molecule has 4 rings (SSSR count). The van der Waals surface area contributed by atoms with Crippen LogP contribution in [0.3, 0.4) is 0 Å². The van der Waals surface area contributed by atoms with Gasteiger partial charge in [0.1, 0.15) is 5.82 Å². The molecule has 30 heavy (non-hydrogen) atoms. The van der Waals surface area contributed by atoms with Gasteiger partial charge in [0, 0.05) is 43.7 Å². The van der Waals surface area contributed by atoms with Crippen molar-refractivity contribution in [2.24, 2.45) is 7.05 Å². The Morgan fingerprint density at radius 1 is 1.23 bits per heavy atom. The summed E-state index contributed by atoms with van der Waals surface area (Å²) in [6.45, 7) is 1.45. The van der Waals surface area contributed by atoms with Gasteiger partial charge in [0.2, 0.25) is 0 Å². The molecule has 0 saturated carbocycles. The number of nitrogens with zero attached hydrogens (tertiary/aromatic N) is 5. The van der Waals surface area contributed by atoms with Gasteiger partial charge in [-0.05, 0) is 38.1 Å². The molecule has 160 valence electrons. The molecule has 2 aromatic heterocycles. The molecule has 3 aromatic rings. The van der Waals surface area contributed by atoms with Gasteiger partial charge in [0.25, 0.3) is 0 Å². The van der Waals surface area contributed by atoms with Crippen LogP contribution in [0, 0.1) is 0 Å². The van der Waals surface area contributed by atoms with Gasteiger partial charge in [-0.15, -0.1) is 0 Å². The van der Waals surface area contributed by atoms with E-state index in [1.54, 1.807) is 25.8 Å². The third kappa shape index (κ3) is 3.72. The van der Waals surface area contributed by atoms with Crippen molar-refractivity contribution < 1.29 is 9.47 Å². The molecule has 1 aromatic carbocycles. The lowest BCUT2D eigenvalue weighted by Gasteiger charge is -2.26. The van der Waals surface area contributed by atoms with E-state index in [2.05, 4.69) is 27.2 Å². The largest absolute Gasteiger partial charge is 0.493 e. The number of fused-ring (bicyclic) bond motifs is 1. The molecule has 0 amide bonds. The molecule has 1 atom stereocenters. The molecule has 1 aliphatic rings. The van der Waals surface area contributed by atoms with E-state index in [-0.39, 0.29) is 5.69 Å². The Kier molecular flexibility index (Phi) is 5.63. The lowest BCUT2D eigenvalue weighted by molar-refractivity contribution is 0.210. The minimum absolute atomic E-state index is 0.0288. The number of nitrogens with one attached hydrogen (secondary N) is 1. The third-order valence-electron chi connectivity index (χ3n) is 5.90. The van der Waals surface area contributed by atoms with E-state index in [0.29, 0.717) is 24.1 Å². The first-order valence-electron chi connectivity index (χ1n) is 10.1. The summed E-state index contributed by atoms with van der Waals surface area (Å²) in [4.78, 5) is 14.6. The molecular formula is C21H28N6O3. The summed E-state index contributed by atoms with van der Waals surface area (Å²) >= 11 is 0. The molecule has 0 spiro atoms. The van der Waals surface area contributed by atoms with E-state index in [0.717, 1.165) is 48.5 Å². The monoisotopic (exact) mass is 412 g/mol. The minimum atomic E-state index is -0.0288. The van der Waals surface area contributed by atoms with Gasteiger partial charge in [0.05, 0.1) is 26.1 Å². The maximum Gasteiger partial charge on any atom is 0.345 e. The van der Waals surface area contributed by atoms with E-state index < -0.39 is 0 Å². The van der Waals surface area contributed by atoms with Crippen LogP contribution in [0.4, 0.5) is 0 Å². The Hall–Kier alpha value is -3.07. The van der Waals surface area contributed by atoms with Crippen molar-refractivity contribution in [2.75, 3.05) is 21.3 Å². The summed E-state index contributed by atoms with van der Waals surface area (Å²) in [5.74, 6) is 2.26. The highest BCUT2D eigenvalue weighted by Gasteiger charge is 2.24. The van der Waals surface area contributed by atoms with Gasteiger partial charge < -0.3 is 9.47 Å². The maximum atomic E-state index is 12.2. The van der Waals surface area contributed by atoms with Crippen LogP contribution in [0.1, 0.15) is 24.2 Å². The zero-order valence-electron chi connectivity index (χ0n) is 17.9. The predicted molar refractivity (Wildman–Crippen MR) is 113 cm³/mol. The molecule has 0 fully saturated rings. The number of rotatable bonds is 6. The normalized spacial score (nSPS) is 16.4. The van der Waals surface area contributed by atoms with Crippen molar-refractivity contribution >= 4 is 0 Å². The lowest BCUT2D eigenvalue weighted by atomic mass is 10.0. The summed E-state index contributed by atoms with van der Waals surface area (Å²) in [6.07, 6.45) is 4.56. The van der Waals surface area contributed by atoms with E-state index in [1.165, 1.54) is 4.68 Å². The molecule has 0 bridgehead atoms. The van der Waals surface area contributed by atoms with Gasteiger partial charge in [-0.25, -0.2) is 9.48 Å². The van der Waals surface area contributed by atoms with Crippen LogP contribution in [0.5, 0.6) is 11.5 Å². The number of H-pyrrole nitrogens is 1.